The second kappa shape index (κ2) is 6.24. The van der Waals surface area contributed by atoms with Gasteiger partial charge in [0.1, 0.15) is 10.6 Å². The smallest absolute Gasteiger partial charge is 0.287 e. The summed E-state index contributed by atoms with van der Waals surface area (Å²) in [7, 11) is -7.42. The molecule has 0 radical (unpaired) electrons. The zero-order valence-corrected chi connectivity index (χ0v) is 13.5. The van der Waals surface area contributed by atoms with E-state index < -0.39 is 52.9 Å². The van der Waals surface area contributed by atoms with Crippen molar-refractivity contribution in [1.29, 1.82) is 0 Å². The highest BCUT2D eigenvalue weighted by molar-refractivity contribution is 7.92. The van der Waals surface area contributed by atoms with E-state index in [1.54, 1.807) is 0 Å². The Kier molecular flexibility index (Phi) is 4.71. The molecule has 1 aliphatic rings. The Morgan fingerprint density at radius 1 is 1.35 bits per heavy atom. The van der Waals surface area contributed by atoms with Crippen molar-refractivity contribution in [1.82, 2.24) is 5.32 Å². The first kappa shape index (κ1) is 17.3. The van der Waals surface area contributed by atoms with E-state index in [2.05, 4.69) is 5.32 Å². The molecule has 9 nitrogen and oxygen atoms in total. The average molecular weight is 362 g/mol. The van der Waals surface area contributed by atoms with Gasteiger partial charge in [-0.3, -0.25) is 14.9 Å². The number of nitro groups is 1. The number of carbonyl (C=O) groups is 1. The zero-order valence-electron chi connectivity index (χ0n) is 11.8. The van der Waals surface area contributed by atoms with Crippen LogP contribution >= 0.6 is 0 Å². The lowest BCUT2D eigenvalue weighted by Crippen LogP contribution is -2.39. The van der Waals surface area contributed by atoms with E-state index in [-0.39, 0.29) is 17.9 Å². The summed E-state index contributed by atoms with van der Waals surface area (Å²) in [6, 6.07) is 4.10. The summed E-state index contributed by atoms with van der Waals surface area (Å²) in [6.07, 6.45) is 0.222. The number of para-hydroxylation sites is 1. The Bertz CT molecular complexity index is 846. The van der Waals surface area contributed by atoms with E-state index >= 15 is 0 Å². The number of rotatable bonds is 5. The maximum absolute atomic E-state index is 12.2. The fourth-order valence-corrected chi connectivity index (χ4v) is 5.30. The predicted molar refractivity (Wildman–Crippen MR) is 80.4 cm³/mol. The summed E-state index contributed by atoms with van der Waals surface area (Å²) >= 11 is 0. The number of nitrogens with zero attached hydrogens (tertiary/aromatic N) is 1. The third-order valence-electron chi connectivity index (χ3n) is 3.32. The van der Waals surface area contributed by atoms with Crippen LogP contribution in [0.2, 0.25) is 0 Å². The van der Waals surface area contributed by atoms with Gasteiger partial charge in [0.25, 0.3) is 5.69 Å². The average Bonchev–Trinajstić information content (AvgIpc) is 2.77. The van der Waals surface area contributed by atoms with Crippen molar-refractivity contribution < 1.29 is 26.6 Å². The molecule has 1 heterocycles. The van der Waals surface area contributed by atoms with Crippen molar-refractivity contribution in [2.75, 3.05) is 17.3 Å². The summed E-state index contributed by atoms with van der Waals surface area (Å²) in [4.78, 5) is 21.3. The van der Waals surface area contributed by atoms with Crippen molar-refractivity contribution in [3.63, 3.8) is 0 Å². The molecule has 0 saturated carbocycles. The van der Waals surface area contributed by atoms with Crippen molar-refractivity contribution in [3.05, 3.63) is 34.4 Å². The van der Waals surface area contributed by atoms with Crippen LogP contribution in [-0.4, -0.2) is 51.0 Å². The summed E-state index contributed by atoms with van der Waals surface area (Å²) in [6.45, 7) is 0. The van der Waals surface area contributed by atoms with Crippen LogP contribution in [0.15, 0.2) is 29.2 Å². The summed E-state index contributed by atoms with van der Waals surface area (Å²) in [5.41, 5.74) is -0.608. The lowest BCUT2D eigenvalue weighted by atomic mass is 10.3. The molecular weight excluding hydrogens is 348 g/mol. The van der Waals surface area contributed by atoms with Crippen molar-refractivity contribution in [3.8, 4) is 0 Å². The predicted octanol–water partition coefficient (Wildman–Crippen LogP) is -0.328. The molecule has 1 aliphatic heterocycles. The van der Waals surface area contributed by atoms with Gasteiger partial charge in [0.2, 0.25) is 5.91 Å². The van der Waals surface area contributed by atoms with Crippen LogP contribution in [0.4, 0.5) is 5.69 Å². The molecule has 1 atom stereocenters. The fourth-order valence-electron chi connectivity index (χ4n) is 2.30. The minimum Gasteiger partial charge on any atom is -0.351 e. The van der Waals surface area contributed by atoms with Gasteiger partial charge in [-0.2, -0.15) is 0 Å². The second-order valence-corrected chi connectivity index (χ2v) is 9.34. The summed E-state index contributed by atoms with van der Waals surface area (Å²) in [5, 5.41) is 13.2. The Morgan fingerprint density at radius 2 is 2.00 bits per heavy atom. The number of carbonyl (C=O) groups excluding carboxylic acids is 1. The molecule has 0 bridgehead atoms. The van der Waals surface area contributed by atoms with Gasteiger partial charge >= 0.3 is 0 Å². The Hall–Kier alpha value is -2.01. The van der Waals surface area contributed by atoms with E-state index in [1.807, 2.05) is 0 Å². The molecular formula is C12H14N2O7S2. The van der Waals surface area contributed by atoms with Crippen LogP contribution in [0.1, 0.15) is 6.42 Å². The van der Waals surface area contributed by atoms with E-state index in [4.69, 9.17) is 0 Å². The maximum atomic E-state index is 12.2. The first-order valence-corrected chi connectivity index (χ1v) is 10.0. The van der Waals surface area contributed by atoms with Gasteiger partial charge in [-0.1, -0.05) is 12.1 Å². The highest BCUT2D eigenvalue weighted by atomic mass is 32.2. The van der Waals surface area contributed by atoms with Crippen LogP contribution in [0, 0.1) is 10.1 Å². The lowest BCUT2D eigenvalue weighted by Gasteiger charge is -2.11. The maximum Gasteiger partial charge on any atom is 0.287 e. The molecule has 1 N–H and O–H groups in total. The first-order chi connectivity index (χ1) is 10.6. The zero-order chi connectivity index (χ0) is 17.3. The largest absolute Gasteiger partial charge is 0.351 e. The van der Waals surface area contributed by atoms with Crippen molar-refractivity contribution in [2.24, 2.45) is 0 Å². The second-order valence-electron chi connectivity index (χ2n) is 5.15. The fraction of sp³-hybridized carbons (Fsp3) is 0.417. The molecule has 1 aromatic carbocycles. The molecule has 2 rings (SSSR count). The van der Waals surface area contributed by atoms with Crippen LogP contribution < -0.4 is 5.32 Å². The Morgan fingerprint density at radius 3 is 2.57 bits per heavy atom. The van der Waals surface area contributed by atoms with Gasteiger partial charge in [0.05, 0.1) is 16.4 Å². The Balaban J connectivity index is 2.13. The molecule has 1 aromatic rings. The van der Waals surface area contributed by atoms with Crippen LogP contribution in [0.5, 0.6) is 0 Å². The normalized spacial score (nSPS) is 20.1. The number of nitro benzene ring substituents is 1. The summed E-state index contributed by atoms with van der Waals surface area (Å²) in [5.74, 6) is -2.15. The third kappa shape index (κ3) is 4.26. The van der Waals surface area contributed by atoms with Crippen molar-refractivity contribution in [2.45, 2.75) is 17.4 Å². The van der Waals surface area contributed by atoms with Gasteiger partial charge < -0.3 is 5.32 Å². The van der Waals surface area contributed by atoms with Gasteiger partial charge in [0.15, 0.2) is 19.7 Å². The van der Waals surface area contributed by atoms with Crippen LogP contribution in [0.3, 0.4) is 0 Å². The molecule has 23 heavy (non-hydrogen) atoms. The van der Waals surface area contributed by atoms with E-state index in [0.717, 1.165) is 12.1 Å². The van der Waals surface area contributed by atoms with E-state index in [1.165, 1.54) is 12.1 Å². The number of hydrogen-bond donors (Lipinski definition) is 1. The minimum absolute atomic E-state index is 0.0607. The van der Waals surface area contributed by atoms with Gasteiger partial charge in [-0.05, 0) is 12.5 Å². The minimum atomic E-state index is -4.21. The molecule has 0 spiro atoms. The number of hydrogen-bond acceptors (Lipinski definition) is 7. The quantitative estimate of drug-likeness (QED) is 0.558. The van der Waals surface area contributed by atoms with Crippen LogP contribution in [0.25, 0.3) is 0 Å². The SMILES string of the molecule is O=C(CS(=O)(=O)c1ccccc1[N+](=O)[O-])NC1CCS(=O)(=O)C1. The van der Waals surface area contributed by atoms with E-state index in [9.17, 15) is 31.7 Å². The van der Waals surface area contributed by atoms with Gasteiger partial charge in [-0.15, -0.1) is 0 Å². The molecule has 11 heteroatoms. The van der Waals surface area contributed by atoms with E-state index in [0.29, 0.717) is 0 Å². The molecule has 0 aliphatic carbocycles. The molecule has 0 aromatic heterocycles. The van der Waals surface area contributed by atoms with Gasteiger partial charge in [0, 0.05) is 12.1 Å². The first-order valence-electron chi connectivity index (χ1n) is 6.57. The van der Waals surface area contributed by atoms with Crippen molar-refractivity contribution >= 4 is 31.3 Å². The highest BCUT2D eigenvalue weighted by Gasteiger charge is 2.32. The molecule has 1 saturated heterocycles. The highest BCUT2D eigenvalue weighted by Crippen LogP contribution is 2.24. The topological polar surface area (TPSA) is 141 Å². The molecule has 126 valence electrons. The Labute approximate surface area is 132 Å². The van der Waals surface area contributed by atoms with Crippen LogP contribution in [-0.2, 0) is 24.5 Å². The molecule has 1 amide bonds. The summed E-state index contributed by atoms with van der Waals surface area (Å²) < 4.78 is 47.0. The number of amides is 1. The number of benzene rings is 1. The number of nitrogens with one attached hydrogen (secondary N) is 1. The monoisotopic (exact) mass is 362 g/mol. The lowest BCUT2D eigenvalue weighted by molar-refractivity contribution is -0.387. The standard InChI is InChI=1S/C12H14N2O7S2/c15-12(13-9-5-6-22(18,19)7-9)8-23(20,21)11-4-2-1-3-10(11)14(16)17/h1-4,9H,5-8H2,(H,13,15). The molecule has 1 unspecified atom stereocenters. The van der Waals surface area contributed by atoms with Gasteiger partial charge in [-0.25, -0.2) is 16.8 Å². The molecule has 1 fully saturated rings. The third-order valence-corrected chi connectivity index (χ3v) is 6.74. The number of sulfone groups is 2.